The number of amides is 4. The van der Waals surface area contributed by atoms with Crippen molar-refractivity contribution in [2.75, 3.05) is 23.3 Å². The minimum atomic E-state index is -0.388. The van der Waals surface area contributed by atoms with Gasteiger partial charge in [0.1, 0.15) is 32.8 Å². The number of para-hydroxylation sites is 1. The number of urea groups is 1. The molecule has 10 nitrogen and oxygen atoms in total. The second-order valence-corrected chi connectivity index (χ2v) is 12.2. The lowest BCUT2D eigenvalue weighted by Gasteiger charge is -2.29. The predicted octanol–water partition coefficient (Wildman–Crippen LogP) is 6.38. The van der Waals surface area contributed by atoms with E-state index < -0.39 is 0 Å². The Kier molecular flexibility index (Phi) is 8.22. The number of carbonyl (C=O) groups excluding carboxylic acids is 3. The number of carbonyl (C=O) groups is 3. The summed E-state index contributed by atoms with van der Waals surface area (Å²) in [5.41, 5.74) is 2.75. The number of allylic oxidation sites excluding steroid dienone is 1. The first kappa shape index (κ1) is 30.2. The second-order valence-electron chi connectivity index (χ2n) is 11.2. The molecule has 0 spiro atoms. The van der Waals surface area contributed by atoms with Crippen LogP contribution in [0.2, 0.25) is 0 Å². The molecule has 1 saturated heterocycles. The maximum atomic E-state index is 13.6. The molecule has 4 aromatic rings. The van der Waals surface area contributed by atoms with Gasteiger partial charge < -0.3 is 20.3 Å². The quantitative estimate of drug-likeness (QED) is 0.179. The molecule has 4 heterocycles. The molecular weight excluding hydrogens is 609 g/mol. The van der Waals surface area contributed by atoms with Gasteiger partial charge in [0.2, 0.25) is 0 Å². The smallest absolute Gasteiger partial charge is 0.331 e. The van der Waals surface area contributed by atoms with Crippen molar-refractivity contribution in [3.05, 3.63) is 82.9 Å². The summed E-state index contributed by atoms with van der Waals surface area (Å²) in [6.07, 6.45) is 5.99. The third-order valence-electron chi connectivity index (χ3n) is 8.03. The van der Waals surface area contributed by atoms with Crippen LogP contribution in [0.4, 0.5) is 21.9 Å². The number of rotatable bonds is 7. The highest BCUT2D eigenvalue weighted by molar-refractivity contribution is 7.59. The summed E-state index contributed by atoms with van der Waals surface area (Å²) in [5.74, 6) is 1.06. The molecule has 2 N–H and O–H groups in total. The fourth-order valence-electron chi connectivity index (χ4n) is 5.69. The molecule has 1 atom stereocenters. The number of hydrogen-bond donors (Lipinski definition) is 2. The third-order valence-corrected chi connectivity index (χ3v) is 9.12. The molecule has 1 saturated carbocycles. The van der Waals surface area contributed by atoms with Crippen molar-refractivity contribution in [1.82, 2.24) is 15.2 Å². The summed E-state index contributed by atoms with van der Waals surface area (Å²) in [6, 6.07) is 18.2. The summed E-state index contributed by atoms with van der Waals surface area (Å²) in [4.78, 5) is 48.7. The van der Waals surface area contributed by atoms with E-state index in [2.05, 4.69) is 15.6 Å². The maximum absolute atomic E-state index is 13.6. The number of benzene rings is 2. The van der Waals surface area contributed by atoms with Gasteiger partial charge in [0.15, 0.2) is 0 Å². The van der Waals surface area contributed by atoms with Gasteiger partial charge in [-0.05, 0) is 74.1 Å². The molecule has 1 aliphatic carbocycles. The Hall–Kier alpha value is -4.86. The van der Waals surface area contributed by atoms with Gasteiger partial charge in [-0.15, -0.1) is 11.3 Å². The lowest BCUT2D eigenvalue weighted by atomic mass is 10.1. The van der Waals surface area contributed by atoms with Gasteiger partial charge in [0.25, 0.3) is 11.8 Å². The van der Waals surface area contributed by atoms with E-state index in [1.807, 2.05) is 61.5 Å². The summed E-state index contributed by atoms with van der Waals surface area (Å²) < 4.78 is 5.97. The number of hydrogen-bond acceptors (Lipinski definition) is 7. The van der Waals surface area contributed by atoms with Crippen LogP contribution in [-0.4, -0.2) is 46.9 Å². The fraction of sp³-hybridized carbons (Fsp3) is 0.242. The largest absolute Gasteiger partial charge is 0.457 e. The van der Waals surface area contributed by atoms with Gasteiger partial charge in [-0.3, -0.25) is 14.5 Å². The minimum absolute atomic E-state index is 0. The first-order valence-corrected chi connectivity index (χ1v) is 15.3. The Morgan fingerprint density at radius 2 is 1.91 bits per heavy atom. The van der Waals surface area contributed by atoms with E-state index in [4.69, 9.17) is 4.74 Å². The molecule has 2 aliphatic heterocycles. The number of pyridine rings is 1. The zero-order chi connectivity index (χ0) is 30.4. The van der Waals surface area contributed by atoms with E-state index in [9.17, 15) is 19.6 Å². The number of aromatic nitrogens is 1. The highest BCUT2D eigenvalue weighted by Crippen LogP contribution is 2.46. The van der Waals surface area contributed by atoms with Crippen LogP contribution in [0.15, 0.2) is 72.4 Å². The Balaban J connectivity index is 0.00000357. The van der Waals surface area contributed by atoms with Crippen molar-refractivity contribution in [1.29, 1.82) is 5.26 Å². The normalized spacial score (nSPS) is 17.4. The number of thiophene rings is 1. The number of anilines is 3. The molecule has 228 valence electrons. The van der Waals surface area contributed by atoms with Crippen molar-refractivity contribution in [3.63, 3.8) is 0 Å². The van der Waals surface area contributed by atoms with E-state index >= 15 is 0 Å². The Labute approximate surface area is 270 Å². The molecule has 0 radical (unpaired) electrons. The predicted molar refractivity (Wildman–Crippen MR) is 178 cm³/mol. The monoisotopic (exact) mass is 638 g/mol. The summed E-state index contributed by atoms with van der Waals surface area (Å²) >= 11 is 1.21. The Morgan fingerprint density at radius 1 is 1.11 bits per heavy atom. The molecule has 2 aromatic carbocycles. The van der Waals surface area contributed by atoms with Crippen molar-refractivity contribution < 1.29 is 19.1 Å². The molecule has 2 aromatic heterocycles. The van der Waals surface area contributed by atoms with Crippen LogP contribution >= 0.6 is 24.8 Å². The van der Waals surface area contributed by atoms with Gasteiger partial charge in [-0.1, -0.05) is 24.3 Å². The first-order chi connectivity index (χ1) is 21.4. The van der Waals surface area contributed by atoms with Crippen LogP contribution in [0.3, 0.4) is 0 Å². The van der Waals surface area contributed by atoms with E-state index in [0.717, 1.165) is 18.4 Å². The zero-order valence-electron chi connectivity index (χ0n) is 24.4. The second kappa shape index (κ2) is 12.3. The highest BCUT2D eigenvalue weighted by atomic mass is 32.1. The van der Waals surface area contributed by atoms with Crippen LogP contribution < -0.4 is 20.3 Å². The molecule has 3 aliphatic rings. The van der Waals surface area contributed by atoms with Gasteiger partial charge in [0, 0.05) is 25.3 Å². The molecule has 2 fully saturated rings. The molecule has 45 heavy (non-hydrogen) atoms. The van der Waals surface area contributed by atoms with Crippen molar-refractivity contribution in [2.24, 2.45) is 5.92 Å². The minimum Gasteiger partial charge on any atom is -0.457 e. The number of nitrogens with one attached hydrogen (secondary N) is 2. The first-order valence-electron chi connectivity index (χ1n) is 14.5. The van der Waals surface area contributed by atoms with Crippen LogP contribution in [0, 0.1) is 24.2 Å². The molecule has 7 rings (SSSR count). The lowest BCUT2D eigenvalue weighted by molar-refractivity contribution is -0.125. The molecule has 0 unspecified atom stereocenters. The van der Waals surface area contributed by atoms with E-state index in [-0.39, 0.29) is 43.0 Å². The number of nitriles is 1. The van der Waals surface area contributed by atoms with E-state index in [1.54, 1.807) is 28.1 Å². The Bertz CT molecular complexity index is 1900. The number of aryl methyl sites for hydroxylation is 1. The van der Waals surface area contributed by atoms with Crippen LogP contribution in [0.5, 0.6) is 11.5 Å². The zero-order valence-corrected chi connectivity index (χ0v) is 26.2. The SMILES string of the molecule is Cc1cc(Oc2ccccc2)ccc1N1C(=O)Nc2c(C(=O)N[C@H]3CCN(C(=O)/C(C#N)=C/C4CC4)C3)sc3nccc1c23.S. The average molecular weight is 639 g/mol. The van der Waals surface area contributed by atoms with Gasteiger partial charge in [-0.2, -0.15) is 18.8 Å². The molecular formula is C33H30N6O4S2. The standard InChI is InChI=1S/C33H28N6O4S.H2S/c1-19-15-24(43-23-5-3-2-4-6-23)9-10-25(19)39-26-11-13-35-31-27(26)28(37-33(39)42)29(44-31)30(40)36-22-12-14-38(18-22)32(41)21(17-34)16-20-7-8-20;/h2-6,9-11,13,15-16,20,22H,7-8,12,14,18H2,1H3,(H,36,40)(H,37,42);1H2/b21-16+;/t22-;/m0./s1. The van der Waals surface area contributed by atoms with Crippen molar-refractivity contribution >= 4 is 70.0 Å². The van der Waals surface area contributed by atoms with Gasteiger partial charge in [-0.25, -0.2) is 9.78 Å². The summed E-state index contributed by atoms with van der Waals surface area (Å²) in [5, 5.41) is 16.1. The summed E-state index contributed by atoms with van der Waals surface area (Å²) in [6.45, 7) is 2.69. The fourth-order valence-corrected chi connectivity index (χ4v) is 6.71. The highest BCUT2D eigenvalue weighted by Gasteiger charge is 2.35. The van der Waals surface area contributed by atoms with Crippen LogP contribution in [0.25, 0.3) is 10.2 Å². The maximum Gasteiger partial charge on any atom is 0.331 e. The van der Waals surface area contributed by atoms with E-state index in [1.165, 1.54) is 11.3 Å². The number of likely N-dealkylation sites (tertiary alicyclic amines) is 1. The molecule has 0 bridgehead atoms. The number of ether oxygens (including phenoxy) is 1. The average Bonchev–Trinajstić information content (AvgIpc) is 3.60. The van der Waals surface area contributed by atoms with Gasteiger partial charge in [0.05, 0.1) is 22.4 Å². The molecule has 12 heteroatoms. The lowest BCUT2D eigenvalue weighted by Crippen LogP contribution is -2.39. The van der Waals surface area contributed by atoms with Crippen LogP contribution in [-0.2, 0) is 4.79 Å². The number of nitrogens with zero attached hydrogens (tertiary/aromatic N) is 4. The topological polar surface area (TPSA) is 128 Å². The van der Waals surface area contributed by atoms with Crippen molar-refractivity contribution in [3.8, 4) is 17.6 Å². The molecule has 4 amide bonds. The van der Waals surface area contributed by atoms with Crippen molar-refractivity contribution in [2.45, 2.75) is 32.2 Å². The third kappa shape index (κ3) is 5.84. The van der Waals surface area contributed by atoms with Crippen LogP contribution in [0.1, 0.15) is 34.5 Å². The Morgan fingerprint density at radius 3 is 2.64 bits per heavy atom. The summed E-state index contributed by atoms with van der Waals surface area (Å²) in [7, 11) is 0. The van der Waals surface area contributed by atoms with Gasteiger partial charge >= 0.3 is 6.03 Å². The van der Waals surface area contributed by atoms with E-state index in [0.29, 0.717) is 69.1 Å².